The molecule has 1 aliphatic rings. The Hall–Kier alpha value is -1.21. The normalized spacial score (nSPS) is 17.4. The predicted octanol–water partition coefficient (Wildman–Crippen LogP) is 1.18. The van der Waals surface area contributed by atoms with E-state index in [1.54, 1.807) is 7.05 Å². The summed E-state index contributed by atoms with van der Waals surface area (Å²) in [5.41, 5.74) is 0. The highest BCUT2D eigenvalue weighted by atomic mass is 32.1. The number of hydrogen-bond donors (Lipinski definition) is 2. The fourth-order valence-electron chi connectivity index (χ4n) is 2.28. The Morgan fingerprint density at radius 3 is 2.74 bits per heavy atom. The topological polar surface area (TPSA) is 70.2 Å². The average molecular weight is 283 g/mol. The highest BCUT2D eigenvalue weighted by Crippen LogP contribution is 2.16. The van der Waals surface area contributed by atoms with Gasteiger partial charge in [-0.15, -0.1) is 10.2 Å². The summed E-state index contributed by atoms with van der Waals surface area (Å²) in [6.07, 6.45) is 3.22. The number of likely N-dealkylation sites (tertiary alicyclic amines) is 1. The SMILES string of the molecule is CCCN1CCC(NC(=O)c2nnc(NC)s2)CC1. The lowest BCUT2D eigenvalue weighted by Gasteiger charge is -2.31. The summed E-state index contributed by atoms with van der Waals surface area (Å²) in [5.74, 6) is -0.104. The first kappa shape index (κ1) is 14.2. The van der Waals surface area contributed by atoms with E-state index in [4.69, 9.17) is 0 Å². The number of carbonyl (C=O) groups is 1. The molecule has 1 fully saturated rings. The van der Waals surface area contributed by atoms with Crippen molar-refractivity contribution >= 4 is 22.4 Å². The van der Waals surface area contributed by atoms with Crippen LogP contribution in [0, 0.1) is 0 Å². The molecule has 1 amide bonds. The van der Waals surface area contributed by atoms with Crippen molar-refractivity contribution < 1.29 is 4.79 Å². The molecule has 6 nitrogen and oxygen atoms in total. The standard InChI is InChI=1S/C12H21N5OS/c1-3-6-17-7-4-9(5-8-17)14-10(18)11-15-16-12(13-2)19-11/h9H,3-8H2,1-2H3,(H,13,16)(H,14,18). The Bertz CT molecular complexity index is 414. The molecule has 19 heavy (non-hydrogen) atoms. The van der Waals surface area contributed by atoms with Gasteiger partial charge in [0.1, 0.15) is 0 Å². The zero-order valence-electron chi connectivity index (χ0n) is 11.5. The van der Waals surface area contributed by atoms with Crippen molar-refractivity contribution in [2.24, 2.45) is 0 Å². The molecule has 0 aromatic carbocycles. The summed E-state index contributed by atoms with van der Waals surface area (Å²) < 4.78 is 0. The minimum atomic E-state index is -0.104. The van der Waals surface area contributed by atoms with Gasteiger partial charge in [-0.05, 0) is 25.8 Å². The number of amides is 1. The van der Waals surface area contributed by atoms with Crippen LogP contribution in [-0.2, 0) is 0 Å². The van der Waals surface area contributed by atoms with Crippen LogP contribution in [0.5, 0.6) is 0 Å². The highest BCUT2D eigenvalue weighted by molar-refractivity contribution is 7.17. The Morgan fingerprint density at radius 1 is 1.42 bits per heavy atom. The fraction of sp³-hybridized carbons (Fsp3) is 0.750. The van der Waals surface area contributed by atoms with E-state index in [0.29, 0.717) is 10.1 Å². The first-order valence-corrected chi connectivity index (χ1v) is 7.59. The van der Waals surface area contributed by atoms with Crippen molar-refractivity contribution in [2.45, 2.75) is 32.2 Å². The zero-order valence-corrected chi connectivity index (χ0v) is 12.3. The van der Waals surface area contributed by atoms with E-state index < -0.39 is 0 Å². The summed E-state index contributed by atoms with van der Waals surface area (Å²) >= 11 is 1.28. The van der Waals surface area contributed by atoms with Crippen LogP contribution in [0.2, 0.25) is 0 Å². The van der Waals surface area contributed by atoms with E-state index >= 15 is 0 Å². The lowest BCUT2D eigenvalue weighted by molar-refractivity contribution is 0.0910. The number of anilines is 1. The molecule has 7 heteroatoms. The maximum absolute atomic E-state index is 12.0. The first-order chi connectivity index (χ1) is 9.22. The van der Waals surface area contributed by atoms with E-state index in [0.717, 1.165) is 32.5 Å². The van der Waals surface area contributed by atoms with Gasteiger partial charge in [0.2, 0.25) is 10.1 Å². The average Bonchev–Trinajstić information content (AvgIpc) is 2.90. The Morgan fingerprint density at radius 2 is 2.16 bits per heavy atom. The molecule has 1 aliphatic heterocycles. The van der Waals surface area contributed by atoms with E-state index in [1.807, 2.05) is 0 Å². The number of carbonyl (C=O) groups excluding carboxylic acids is 1. The van der Waals surface area contributed by atoms with Gasteiger partial charge in [0.25, 0.3) is 5.91 Å². The largest absolute Gasteiger partial charge is 0.363 e. The molecule has 0 unspecified atom stereocenters. The third-order valence-electron chi connectivity index (χ3n) is 3.30. The number of nitrogens with zero attached hydrogens (tertiary/aromatic N) is 3. The lowest BCUT2D eigenvalue weighted by atomic mass is 10.0. The van der Waals surface area contributed by atoms with Crippen LogP contribution in [-0.4, -0.2) is 53.7 Å². The molecule has 2 rings (SSSR count). The van der Waals surface area contributed by atoms with Crippen LogP contribution in [0.1, 0.15) is 36.0 Å². The Balaban J connectivity index is 1.80. The second kappa shape index (κ2) is 6.81. The molecule has 1 saturated heterocycles. The van der Waals surface area contributed by atoms with E-state index in [1.165, 1.54) is 17.8 Å². The van der Waals surface area contributed by atoms with Gasteiger partial charge in [-0.25, -0.2) is 0 Å². The molecule has 1 aromatic rings. The van der Waals surface area contributed by atoms with Crippen molar-refractivity contribution in [1.82, 2.24) is 20.4 Å². The van der Waals surface area contributed by atoms with Crippen LogP contribution in [0.25, 0.3) is 0 Å². The molecular formula is C12H21N5OS. The number of aromatic nitrogens is 2. The molecule has 0 spiro atoms. The van der Waals surface area contributed by atoms with Crippen molar-refractivity contribution in [3.63, 3.8) is 0 Å². The Kier molecular flexibility index (Phi) is 5.09. The van der Waals surface area contributed by atoms with Gasteiger partial charge in [-0.2, -0.15) is 0 Å². The van der Waals surface area contributed by atoms with E-state index in [-0.39, 0.29) is 11.9 Å². The minimum absolute atomic E-state index is 0.104. The van der Waals surface area contributed by atoms with Gasteiger partial charge in [0, 0.05) is 26.2 Å². The quantitative estimate of drug-likeness (QED) is 0.849. The molecule has 0 aliphatic carbocycles. The lowest BCUT2D eigenvalue weighted by Crippen LogP contribution is -2.44. The summed E-state index contributed by atoms with van der Waals surface area (Å²) in [6, 6.07) is 0.266. The number of piperidine rings is 1. The second-order valence-corrected chi connectivity index (χ2v) is 5.73. The summed E-state index contributed by atoms with van der Waals surface area (Å²) in [6.45, 7) is 5.48. The predicted molar refractivity (Wildman–Crippen MR) is 76.7 cm³/mol. The maximum atomic E-state index is 12.0. The molecule has 2 N–H and O–H groups in total. The van der Waals surface area contributed by atoms with Crippen LogP contribution in [0.3, 0.4) is 0 Å². The number of nitrogens with one attached hydrogen (secondary N) is 2. The summed E-state index contributed by atoms with van der Waals surface area (Å²) in [4.78, 5) is 14.5. The molecule has 1 aromatic heterocycles. The molecule has 0 bridgehead atoms. The van der Waals surface area contributed by atoms with Crippen LogP contribution >= 0.6 is 11.3 Å². The first-order valence-electron chi connectivity index (χ1n) is 6.77. The molecule has 0 saturated carbocycles. The van der Waals surface area contributed by atoms with Crippen molar-refractivity contribution in [3.8, 4) is 0 Å². The molecule has 106 valence electrons. The Labute approximate surface area is 117 Å². The minimum Gasteiger partial charge on any atom is -0.363 e. The van der Waals surface area contributed by atoms with Crippen molar-refractivity contribution in [3.05, 3.63) is 5.01 Å². The van der Waals surface area contributed by atoms with Gasteiger partial charge in [-0.1, -0.05) is 18.3 Å². The molecular weight excluding hydrogens is 262 g/mol. The third-order valence-corrected chi connectivity index (χ3v) is 4.24. The van der Waals surface area contributed by atoms with Gasteiger partial charge >= 0.3 is 0 Å². The monoisotopic (exact) mass is 283 g/mol. The van der Waals surface area contributed by atoms with Crippen LogP contribution < -0.4 is 10.6 Å². The van der Waals surface area contributed by atoms with Gasteiger partial charge in [-0.3, -0.25) is 4.79 Å². The van der Waals surface area contributed by atoms with E-state index in [2.05, 4.69) is 32.7 Å². The van der Waals surface area contributed by atoms with Crippen molar-refractivity contribution in [1.29, 1.82) is 0 Å². The van der Waals surface area contributed by atoms with Crippen LogP contribution in [0.4, 0.5) is 5.13 Å². The zero-order chi connectivity index (χ0) is 13.7. The summed E-state index contributed by atoms with van der Waals surface area (Å²) in [7, 11) is 1.77. The van der Waals surface area contributed by atoms with Gasteiger partial charge in [0.05, 0.1) is 0 Å². The number of rotatable bonds is 5. The van der Waals surface area contributed by atoms with E-state index in [9.17, 15) is 4.79 Å². The second-order valence-electron chi connectivity index (χ2n) is 4.75. The number of hydrogen-bond acceptors (Lipinski definition) is 6. The smallest absolute Gasteiger partial charge is 0.282 e. The van der Waals surface area contributed by atoms with Crippen LogP contribution in [0.15, 0.2) is 0 Å². The molecule has 0 atom stereocenters. The molecule has 2 heterocycles. The molecule has 0 radical (unpaired) electrons. The van der Waals surface area contributed by atoms with Gasteiger partial charge < -0.3 is 15.5 Å². The maximum Gasteiger partial charge on any atom is 0.282 e. The fourth-order valence-corrected chi connectivity index (χ4v) is 2.88. The van der Waals surface area contributed by atoms with Gasteiger partial charge in [0.15, 0.2) is 0 Å². The summed E-state index contributed by atoms with van der Waals surface area (Å²) in [5, 5.41) is 14.8. The van der Waals surface area contributed by atoms with Crippen molar-refractivity contribution in [2.75, 3.05) is 32.0 Å². The highest BCUT2D eigenvalue weighted by Gasteiger charge is 2.22. The third kappa shape index (κ3) is 3.87.